The van der Waals surface area contributed by atoms with Crippen LogP contribution in [0.4, 0.5) is 11.4 Å². The van der Waals surface area contributed by atoms with Crippen molar-refractivity contribution in [2.45, 2.75) is 18.7 Å². The quantitative estimate of drug-likeness (QED) is 0.180. The van der Waals surface area contributed by atoms with Crippen LogP contribution in [0.1, 0.15) is 16.7 Å². The number of benzene rings is 4. The Kier molecular flexibility index (Phi) is 10.1. The van der Waals surface area contributed by atoms with Gasteiger partial charge in [-0.25, -0.2) is 13.8 Å². The molecule has 0 radical (unpaired) electrons. The molecule has 0 heterocycles. The zero-order valence-electron chi connectivity index (χ0n) is 24.0. The van der Waals surface area contributed by atoms with Crippen LogP contribution in [0.25, 0.3) is 0 Å². The van der Waals surface area contributed by atoms with Crippen LogP contribution >= 0.6 is 0 Å². The number of sulfonamides is 1. The lowest BCUT2D eigenvalue weighted by Crippen LogP contribution is -2.39. The van der Waals surface area contributed by atoms with Crippen molar-refractivity contribution >= 4 is 39.4 Å². The lowest BCUT2D eigenvalue weighted by Gasteiger charge is -2.24. The van der Waals surface area contributed by atoms with Crippen molar-refractivity contribution in [1.29, 1.82) is 0 Å². The first-order chi connectivity index (χ1) is 20.7. The van der Waals surface area contributed by atoms with Gasteiger partial charge in [0, 0.05) is 0 Å². The van der Waals surface area contributed by atoms with Crippen molar-refractivity contribution in [2.24, 2.45) is 5.10 Å². The van der Waals surface area contributed by atoms with Gasteiger partial charge in [0.05, 0.1) is 29.6 Å². The van der Waals surface area contributed by atoms with E-state index >= 15 is 0 Å². The van der Waals surface area contributed by atoms with E-state index in [1.165, 1.54) is 25.5 Å². The predicted octanol–water partition coefficient (Wildman–Crippen LogP) is 4.68. The van der Waals surface area contributed by atoms with E-state index < -0.39 is 22.5 Å². The molecule has 0 aliphatic rings. The highest BCUT2D eigenvalue weighted by Crippen LogP contribution is 2.26. The van der Waals surface area contributed by atoms with Crippen LogP contribution < -0.4 is 24.5 Å². The first kappa shape index (κ1) is 30.8. The molecule has 4 rings (SSSR count). The number of methoxy groups -OCH3 is 1. The number of carbonyl (C=O) groups excluding carboxylic acids is 2. The highest BCUT2D eigenvalue weighted by Gasteiger charge is 2.27. The minimum absolute atomic E-state index is 0.0741. The maximum Gasteiger partial charge on any atom is 0.264 e. The molecule has 2 amide bonds. The van der Waals surface area contributed by atoms with Crippen molar-refractivity contribution in [3.05, 3.63) is 114 Å². The number of hydrogen-bond donors (Lipinski definition) is 2. The molecule has 0 aliphatic carbocycles. The first-order valence-corrected chi connectivity index (χ1v) is 14.7. The summed E-state index contributed by atoms with van der Waals surface area (Å²) in [6.45, 7) is 3.05. The summed E-state index contributed by atoms with van der Waals surface area (Å²) in [6, 6.07) is 27.1. The summed E-state index contributed by atoms with van der Waals surface area (Å²) in [5.74, 6) is 0.0480. The minimum atomic E-state index is -4.03. The van der Waals surface area contributed by atoms with Crippen molar-refractivity contribution in [3.63, 3.8) is 0 Å². The fourth-order valence-electron chi connectivity index (χ4n) is 4.21. The average Bonchev–Trinajstić information content (AvgIpc) is 2.99. The van der Waals surface area contributed by atoms with Crippen molar-refractivity contribution in [3.8, 4) is 11.5 Å². The second kappa shape index (κ2) is 14.1. The van der Waals surface area contributed by atoms with Gasteiger partial charge in [-0.3, -0.25) is 13.9 Å². The Morgan fingerprint density at radius 3 is 2.19 bits per heavy atom. The van der Waals surface area contributed by atoms with E-state index in [9.17, 15) is 18.0 Å². The van der Waals surface area contributed by atoms with Crippen molar-refractivity contribution in [2.75, 3.05) is 29.9 Å². The van der Waals surface area contributed by atoms with Gasteiger partial charge < -0.3 is 14.8 Å². The normalized spacial score (nSPS) is 11.1. The Balaban J connectivity index is 1.36. The minimum Gasteiger partial charge on any atom is -0.495 e. The van der Waals surface area contributed by atoms with E-state index in [2.05, 4.69) is 15.8 Å². The molecule has 11 heteroatoms. The molecule has 0 saturated heterocycles. The molecule has 0 aliphatic heterocycles. The second-order valence-electron chi connectivity index (χ2n) is 9.57. The fraction of sp³-hybridized carbons (Fsp3) is 0.156. The molecule has 0 fully saturated rings. The van der Waals surface area contributed by atoms with Crippen molar-refractivity contribution < 1.29 is 27.5 Å². The molecule has 4 aromatic carbocycles. The second-order valence-corrected chi connectivity index (χ2v) is 11.4. The topological polar surface area (TPSA) is 126 Å². The number of rotatable bonds is 12. The van der Waals surface area contributed by atoms with Crippen LogP contribution in [-0.4, -0.2) is 46.7 Å². The summed E-state index contributed by atoms with van der Waals surface area (Å²) in [5, 5.41) is 6.72. The monoisotopic (exact) mass is 600 g/mol. The maximum absolute atomic E-state index is 13.5. The predicted molar refractivity (Wildman–Crippen MR) is 166 cm³/mol. The molecule has 10 nitrogen and oxygen atoms in total. The van der Waals surface area contributed by atoms with E-state index in [0.717, 1.165) is 15.4 Å². The fourth-order valence-corrected chi connectivity index (χ4v) is 5.63. The van der Waals surface area contributed by atoms with E-state index in [1.54, 1.807) is 78.9 Å². The number of aryl methyl sites for hydroxylation is 2. The van der Waals surface area contributed by atoms with Gasteiger partial charge >= 0.3 is 0 Å². The number of nitrogens with zero attached hydrogens (tertiary/aromatic N) is 2. The molecule has 43 heavy (non-hydrogen) atoms. The number of ether oxygens (including phenoxy) is 2. The third-order valence-corrected chi connectivity index (χ3v) is 7.93. The Morgan fingerprint density at radius 1 is 0.860 bits per heavy atom. The van der Waals surface area contributed by atoms with E-state index in [0.29, 0.717) is 28.4 Å². The van der Waals surface area contributed by atoms with Crippen LogP contribution in [0, 0.1) is 13.8 Å². The number of hydrogen-bond acceptors (Lipinski definition) is 7. The highest BCUT2D eigenvalue weighted by molar-refractivity contribution is 7.92. The molecular formula is C32H32N4O6S. The molecule has 0 aromatic heterocycles. The average molecular weight is 601 g/mol. The largest absolute Gasteiger partial charge is 0.495 e. The number of amides is 2. The molecule has 222 valence electrons. The molecule has 0 spiro atoms. The molecule has 4 aromatic rings. The zero-order chi connectivity index (χ0) is 30.8. The molecular weight excluding hydrogens is 568 g/mol. The summed E-state index contributed by atoms with van der Waals surface area (Å²) in [6.07, 6.45) is 1.42. The Morgan fingerprint density at radius 2 is 1.51 bits per heavy atom. The van der Waals surface area contributed by atoms with Crippen molar-refractivity contribution in [1.82, 2.24) is 5.43 Å². The lowest BCUT2D eigenvalue weighted by atomic mass is 10.1. The van der Waals surface area contributed by atoms with Crippen LogP contribution in [0.15, 0.2) is 107 Å². The number of hydrazone groups is 1. The van der Waals surface area contributed by atoms with Gasteiger partial charge in [-0.1, -0.05) is 36.4 Å². The van der Waals surface area contributed by atoms with E-state index in [-0.39, 0.29) is 17.4 Å². The van der Waals surface area contributed by atoms with Gasteiger partial charge in [-0.2, -0.15) is 5.10 Å². The summed E-state index contributed by atoms with van der Waals surface area (Å²) in [4.78, 5) is 25.2. The molecule has 0 bridgehead atoms. The molecule has 0 atom stereocenters. The van der Waals surface area contributed by atoms with Gasteiger partial charge in [0.25, 0.3) is 21.8 Å². The van der Waals surface area contributed by atoms with Crippen LogP contribution in [0.5, 0.6) is 11.5 Å². The lowest BCUT2D eigenvalue weighted by molar-refractivity contribution is -0.119. The third-order valence-electron chi connectivity index (χ3n) is 6.15. The molecule has 2 N–H and O–H groups in total. The van der Waals surface area contributed by atoms with Crippen LogP contribution in [0.3, 0.4) is 0 Å². The standard InChI is InChI=1S/C32H32N4O6S/c1-23-17-24(2)19-26(18-23)36(43(39,40)28-9-5-4-6-10-28)21-31(37)35-33-20-25-13-15-27(16-14-25)42-22-32(38)34-29-11-7-8-12-30(29)41-3/h4-20H,21-22H2,1-3H3,(H,34,38)(H,35,37)/b33-20-. The van der Waals surface area contributed by atoms with Gasteiger partial charge in [-0.05, 0) is 91.2 Å². The number of carbonyl (C=O) groups is 2. The Labute approximate surface area is 251 Å². The van der Waals surface area contributed by atoms with Crippen LogP contribution in [-0.2, 0) is 19.6 Å². The molecule has 0 saturated carbocycles. The summed E-state index contributed by atoms with van der Waals surface area (Å²) in [7, 11) is -2.50. The van der Waals surface area contributed by atoms with Gasteiger partial charge in [0.15, 0.2) is 6.61 Å². The highest BCUT2D eigenvalue weighted by atomic mass is 32.2. The summed E-state index contributed by atoms with van der Waals surface area (Å²) >= 11 is 0. The molecule has 0 unspecified atom stereocenters. The maximum atomic E-state index is 13.5. The Hall–Kier alpha value is -5.16. The van der Waals surface area contributed by atoms with Gasteiger partial charge in [-0.15, -0.1) is 0 Å². The number of para-hydroxylation sites is 2. The first-order valence-electron chi connectivity index (χ1n) is 13.3. The number of nitrogens with one attached hydrogen (secondary N) is 2. The summed E-state index contributed by atoms with van der Waals surface area (Å²) < 4.78 is 38.8. The SMILES string of the molecule is COc1ccccc1NC(=O)COc1ccc(/C=N\NC(=O)CN(c2cc(C)cc(C)c2)S(=O)(=O)c2ccccc2)cc1. The van der Waals surface area contributed by atoms with E-state index in [1.807, 2.05) is 19.9 Å². The van der Waals surface area contributed by atoms with Gasteiger partial charge in [0.1, 0.15) is 18.0 Å². The smallest absolute Gasteiger partial charge is 0.264 e. The zero-order valence-corrected chi connectivity index (χ0v) is 24.8. The summed E-state index contributed by atoms with van der Waals surface area (Å²) in [5.41, 5.74) is 5.71. The third kappa shape index (κ3) is 8.43. The Bertz CT molecular complexity index is 1690. The number of anilines is 2. The van der Waals surface area contributed by atoms with Crippen LogP contribution in [0.2, 0.25) is 0 Å². The van der Waals surface area contributed by atoms with E-state index in [4.69, 9.17) is 9.47 Å². The van der Waals surface area contributed by atoms with Gasteiger partial charge in [0.2, 0.25) is 0 Å².